The number of anilines is 1. The molecular formula is C15H25NOS. The molecule has 0 aliphatic rings. The molecule has 0 amide bonds. The van der Waals surface area contributed by atoms with Crippen molar-refractivity contribution in [2.24, 2.45) is 5.41 Å². The van der Waals surface area contributed by atoms with Crippen LogP contribution < -0.4 is 5.32 Å². The van der Waals surface area contributed by atoms with E-state index in [0.717, 1.165) is 25.1 Å². The van der Waals surface area contributed by atoms with Crippen LogP contribution in [0.2, 0.25) is 0 Å². The Hall–Kier alpha value is -0.670. The van der Waals surface area contributed by atoms with E-state index >= 15 is 0 Å². The van der Waals surface area contributed by atoms with Gasteiger partial charge in [-0.1, -0.05) is 32.9 Å². The Labute approximate surface area is 115 Å². The van der Waals surface area contributed by atoms with Gasteiger partial charge in [0.05, 0.1) is 6.61 Å². The minimum Gasteiger partial charge on any atom is -0.396 e. The van der Waals surface area contributed by atoms with Gasteiger partial charge in [-0.05, 0) is 30.7 Å². The van der Waals surface area contributed by atoms with Crippen LogP contribution in [-0.4, -0.2) is 24.0 Å². The van der Waals surface area contributed by atoms with Crippen LogP contribution in [0.1, 0.15) is 33.6 Å². The second-order valence-electron chi connectivity index (χ2n) is 4.65. The molecule has 0 saturated heterocycles. The normalized spacial score (nSPS) is 11.6. The Morgan fingerprint density at radius 1 is 1.17 bits per heavy atom. The third-order valence-corrected chi connectivity index (χ3v) is 4.63. The van der Waals surface area contributed by atoms with Gasteiger partial charge in [-0.2, -0.15) is 0 Å². The van der Waals surface area contributed by atoms with E-state index in [4.69, 9.17) is 0 Å². The van der Waals surface area contributed by atoms with Crippen LogP contribution in [0.4, 0.5) is 5.69 Å². The quantitative estimate of drug-likeness (QED) is 0.698. The van der Waals surface area contributed by atoms with Gasteiger partial charge in [-0.15, -0.1) is 11.8 Å². The van der Waals surface area contributed by atoms with Crippen LogP contribution in [0.25, 0.3) is 0 Å². The lowest BCUT2D eigenvalue weighted by molar-refractivity contribution is 0.127. The van der Waals surface area contributed by atoms with Gasteiger partial charge in [-0.25, -0.2) is 0 Å². The molecule has 0 fully saturated rings. The highest BCUT2D eigenvalue weighted by Crippen LogP contribution is 2.30. The van der Waals surface area contributed by atoms with Crippen LogP contribution in [0.15, 0.2) is 29.2 Å². The van der Waals surface area contributed by atoms with E-state index in [1.807, 2.05) is 11.8 Å². The zero-order valence-corrected chi connectivity index (χ0v) is 12.5. The third-order valence-electron chi connectivity index (χ3n) is 3.68. The first-order chi connectivity index (χ1) is 8.71. The maximum Gasteiger partial charge on any atom is 0.0504 e. The number of aliphatic hydroxyl groups is 1. The number of aliphatic hydroxyl groups excluding tert-OH is 1. The van der Waals surface area contributed by atoms with Crippen LogP contribution in [-0.2, 0) is 0 Å². The van der Waals surface area contributed by atoms with Crippen molar-refractivity contribution in [3.63, 3.8) is 0 Å². The van der Waals surface area contributed by atoms with Crippen molar-refractivity contribution < 1.29 is 5.11 Å². The second-order valence-corrected chi connectivity index (χ2v) is 5.95. The highest BCUT2D eigenvalue weighted by molar-refractivity contribution is 7.99. The number of rotatable bonds is 8. The first kappa shape index (κ1) is 15.4. The summed E-state index contributed by atoms with van der Waals surface area (Å²) < 4.78 is 0. The first-order valence-electron chi connectivity index (χ1n) is 6.78. The third kappa shape index (κ3) is 3.92. The molecule has 3 heteroatoms. The Morgan fingerprint density at radius 3 is 2.39 bits per heavy atom. The SMILES string of the molecule is CCSc1ccccc1NCC(CC)(CC)CO. The van der Waals surface area contributed by atoms with Crippen molar-refractivity contribution in [3.8, 4) is 0 Å². The van der Waals surface area contributed by atoms with Gasteiger partial charge >= 0.3 is 0 Å². The van der Waals surface area contributed by atoms with Gasteiger partial charge in [0, 0.05) is 22.5 Å². The Balaban J connectivity index is 2.72. The highest BCUT2D eigenvalue weighted by Gasteiger charge is 2.25. The van der Waals surface area contributed by atoms with Gasteiger partial charge in [0.15, 0.2) is 0 Å². The van der Waals surface area contributed by atoms with Gasteiger partial charge in [0.25, 0.3) is 0 Å². The van der Waals surface area contributed by atoms with Gasteiger partial charge in [0.1, 0.15) is 0 Å². The topological polar surface area (TPSA) is 32.3 Å². The largest absolute Gasteiger partial charge is 0.396 e. The number of nitrogens with one attached hydrogen (secondary N) is 1. The smallest absolute Gasteiger partial charge is 0.0504 e. The molecule has 0 aromatic heterocycles. The lowest BCUT2D eigenvalue weighted by Crippen LogP contribution is -2.32. The summed E-state index contributed by atoms with van der Waals surface area (Å²) in [6, 6.07) is 8.39. The predicted octanol–water partition coefficient (Wildman–Crippen LogP) is 4.01. The summed E-state index contributed by atoms with van der Waals surface area (Å²) in [5.74, 6) is 1.07. The van der Waals surface area contributed by atoms with Crippen molar-refractivity contribution in [1.29, 1.82) is 0 Å². The summed E-state index contributed by atoms with van der Waals surface area (Å²) in [4.78, 5) is 1.29. The van der Waals surface area contributed by atoms with E-state index in [9.17, 15) is 5.11 Å². The minimum atomic E-state index is 0.00396. The van der Waals surface area contributed by atoms with Crippen molar-refractivity contribution in [2.45, 2.75) is 38.5 Å². The van der Waals surface area contributed by atoms with E-state index < -0.39 is 0 Å². The summed E-state index contributed by atoms with van der Waals surface area (Å²) in [5.41, 5.74) is 1.19. The summed E-state index contributed by atoms with van der Waals surface area (Å²) in [6.07, 6.45) is 1.99. The van der Waals surface area contributed by atoms with E-state index in [-0.39, 0.29) is 12.0 Å². The van der Waals surface area contributed by atoms with Crippen molar-refractivity contribution in [3.05, 3.63) is 24.3 Å². The van der Waals surface area contributed by atoms with Crippen LogP contribution in [0.3, 0.4) is 0 Å². The average Bonchev–Trinajstić information content (AvgIpc) is 2.43. The van der Waals surface area contributed by atoms with Crippen LogP contribution >= 0.6 is 11.8 Å². The molecular weight excluding hydrogens is 242 g/mol. The number of benzene rings is 1. The fourth-order valence-corrected chi connectivity index (χ4v) is 2.74. The number of thioether (sulfide) groups is 1. The molecule has 1 aromatic rings. The average molecular weight is 267 g/mol. The van der Waals surface area contributed by atoms with Crippen molar-refractivity contribution >= 4 is 17.4 Å². The maximum absolute atomic E-state index is 9.58. The number of hydrogen-bond acceptors (Lipinski definition) is 3. The first-order valence-corrected chi connectivity index (χ1v) is 7.76. The van der Waals surface area contributed by atoms with E-state index in [1.54, 1.807) is 0 Å². The molecule has 0 radical (unpaired) electrons. The Kier molecular flexibility index (Phi) is 6.58. The molecule has 1 rings (SSSR count). The van der Waals surface area contributed by atoms with E-state index in [2.05, 4.69) is 50.4 Å². The van der Waals surface area contributed by atoms with Crippen molar-refractivity contribution in [2.75, 3.05) is 24.2 Å². The molecule has 0 saturated carbocycles. The molecule has 0 atom stereocenters. The molecule has 18 heavy (non-hydrogen) atoms. The lowest BCUT2D eigenvalue weighted by atomic mass is 9.83. The molecule has 0 bridgehead atoms. The minimum absolute atomic E-state index is 0.00396. The molecule has 0 aliphatic heterocycles. The molecule has 0 aliphatic carbocycles. The monoisotopic (exact) mass is 267 g/mol. The fraction of sp³-hybridized carbons (Fsp3) is 0.600. The van der Waals surface area contributed by atoms with Gasteiger partial charge in [-0.3, -0.25) is 0 Å². The zero-order valence-electron chi connectivity index (χ0n) is 11.7. The number of hydrogen-bond donors (Lipinski definition) is 2. The van der Waals surface area contributed by atoms with Crippen LogP contribution in [0.5, 0.6) is 0 Å². The maximum atomic E-state index is 9.58. The summed E-state index contributed by atoms with van der Waals surface area (Å²) in [7, 11) is 0. The molecule has 1 aromatic carbocycles. The number of para-hydroxylation sites is 1. The lowest BCUT2D eigenvalue weighted by Gasteiger charge is -2.30. The standard InChI is InChI=1S/C15H25NOS/c1-4-15(5-2,12-17)11-16-13-9-7-8-10-14(13)18-6-3/h7-10,16-17H,4-6,11-12H2,1-3H3. The summed E-state index contributed by atoms with van der Waals surface area (Å²) in [5, 5.41) is 13.1. The fourth-order valence-electron chi connectivity index (χ4n) is 1.96. The molecule has 102 valence electrons. The second kappa shape index (κ2) is 7.70. The van der Waals surface area contributed by atoms with Gasteiger partial charge < -0.3 is 10.4 Å². The molecule has 0 heterocycles. The summed E-state index contributed by atoms with van der Waals surface area (Å²) >= 11 is 1.85. The van der Waals surface area contributed by atoms with E-state index in [0.29, 0.717) is 0 Å². The molecule has 0 spiro atoms. The van der Waals surface area contributed by atoms with E-state index in [1.165, 1.54) is 10.6 Å². The van der Waals surface area contributed by atoms with Gasteiger partial charge in [0.2, 0.25) is 0 Å². The Morgan fingerprint density at radius 2 is 1.83 bits per heavy atom. The van der Waals surface area contributed by atoms with Crippen LogP contribution in [0, 0.1) is 5.41 Å². The predicted molar refractivity (Wildman–Crippen MR) is 81.4 cm³/mol. The zero-order chi connectivity index (χ0) is 13.4. The molecule has 2 nitrogen and oxygen atoms in total. The molecule has 2 N–H and O–H groups in total. The molecule has 0 unspecified atom stereocenters. The van der Waals surface area contributed by atoms with Crippen molar-refractivity contribution in [1.82, 2.24) is 0 Å². The highest BCUT2D eigenvalue weighted by atomic mass is 32.2. The Bertz CT molecular complexity index is 342. The summed E-state index contributed by atoms with van der Waals surface area (Å²) in [6.45, 7) is 7.54.